The van der Waals surface area contributed by atoms with E-state index in [1.54, 1.807) is 44.2 Å². The van der Waals surface area contributed by atoms with E-state index >= 15 is 0 Å². The Morgan fingerprint density at radius 3 is 2.50 bits per heavy atom. The van der Waals surface area contributed by atoms with E-state index < -0.39 is 22.0 Å². The van der Waals surface area contributed by atoms with Gasteiger partial charge in [0.25, 0.3) is 0 Å². The minimum absolute atomic E-state index is 0.0318. The van der Waals surface area contributed by atoms with E-state index in [4.69, 9.17) is 11.6 Å². The van der Waals surface area contributed by atoms with Crippen molar-refractivity contribution in [3.8, 4) is 0 Å². The molecule has 24 heavy (non-hydrogen) atoms. The summed E-state index contributed by atoms with van der Waals surface area (Å²) in [4.78, 5) is 11.7. The zero-order valence-corrected chi connectivity index (χ0v) is 15.1. The molecule has 2 aromatic rings. The Kier molecular flexibility index (Phi) is 5.64. The van der Waals surface area contributed by atoms with Gasteiger partial charge in [-0.1, -0.05) is 35.9 Å². The van der Waals surface area contributed by atoms with E-state index in [2.05, 4.69) is 9.46 Å². The Balaban J connectivity index is 2.37. The summed E-state index contributed by atoms with van der Waals surface area (Å²) in [5.74, 6) is -0.592. The highest BCUT2D eigenvalue weighted by atomic mass is 35.5. The summed E-state index contributed by atoms with van der Waals surface area (Å²) in [6, 6.07) is 10.9. The number of ether oxygens (including phenoxy) is 1. The number of benzene rings is 2. The van der Waals surface area contributed by atoms with Gasteiger partial charge in [0.15, 0.2) is 0 Å². The number of sulfonamides is 1. The lowest BCUT2D eigenvalue weighted by atomic mass is 10.1. The van der Waals surface area contributed by atoms with Crippen molar-refractivity contribution >= 4 is 27.6 Å². The molecule has 0 aliphatic heterocycles. The number of nitrogens with one attached hydrogen (secondary N) is 1. The van der Waals surface area contributed by atoms with Crippen LogP contribution in [0.5, 0.6) is 0 Å². The summed E-state index contributed by atoms with van der Waals surface area (Å²) in [6.45, 7) is 3.37. The third-order valence-electron chi connectivity index (χ3n) is 3.60. The summed E-state index contributed by atoms with van der Waals surface area (Å²) >= 11 is 6.11. The number of aryl methyl sites for hydroxylation is 1. The molecule has 1 atom stereocenters. The predicted molar refractivity (Wildman–Crippen MR) is 92.7 cm³/mol. The van der Waals surface area contributed by atoms with Gasteiger partial charge in [0.05, 0.1) is 17.6 Å². The van der Waals surface area contributed by atoms with Gasteiger partial charge in [-0.25, -0.2) is 17.9 Å². The first-order valence-electron chi connectivity index (χ1n) is 7.22. The Bertz CT molecular complexity index is 865. The Labute approximate surface area is 146 Å². The van der Waals surface area contributed by atoms with E-state index in [-0.39, 0.29) is 10.5 Å². The van der Waals surface area contributed by atoms with Crippen LogP contribution in [0.25, 0.3) is 0 Å². The molecule has 128 valence electrons. The first kappa shape index (κ1) is 18.4. The molecule has 0 aliphatic rings. The van der Waals surface area contributed by atoms with E-state index in [0.29, 0.717) is 16.1 Å². The van der Waals surface area contributed by atoms with Crippen LogP contribution in [-0.4, -0.2) is 21.5 Å². The highest BCUT2D eigenvalue weighted by Crippen LogP contribution is 2.25. The van der Waals surface area contributed by atoms with Gasteiger partial charge in [-0.2, -0.15) is 0 Å². The average Bonchev–Trinajstić information content (AvgIpc) is 2.54. The smallest absolute Gasteiger partial charge is 0.337 e. The summed E-state index contributed by atoms with van der Waals surface area (Å²) < 4.78 is 32.6. The molecule has 1 unspecified atom stereocenters. The topological polar surface area (TPSA) is 72.5 Å². The maximum Gasteiger partial charge on any atom is 0.337 e. The van der Waals surface area contributed by atoms with Crippen LogP contribution in [0.2, 0.25) is 5.02 Å². The fraction of sp³-hybridized carbons (Fsp3) is 0.235. The number of hydrogen-bond acceptors (Lipinski definition) is 4. The SMILES string of the molecule is COC(=O)c1ccc(C)c(S(=O)(=O)NC(C)c2ccccc2Cl)c1. The van der Waals surface area contributed by atoms with Gasteiger partial charge in [0, 0.05) is 11.1 Å². The van der Waals surface area contributed by atoms with E-state index in [1.165, 1.54) is 19.2 Å². The van der Waals surface area contributed by atoms with Crippen molar-refractivity contribution in [2.45, 2.75) is 24.8 Å². The molecule has 1 N–H and O–H groups in total. The Morgan fingerprint density at radius 2 is 1.88 bits per heavy atom. The molecule has 0 saturated carbocycles. The number of methoxy groups -OCH3 is 1. The van der Waals surface area contributed by atoms with Crippen molar-refractivity contribution in [3.05, 3.63) is 64.2 Å². The maximum atomic E-state index is 12.7. The van der Waals surface area contributed by atoms with Gasteiger partial charge in [-0.05, 0) is 43.2 Å². The first-order chi connectivity index (χ1) is 11.3. The van der Waals surface area contributed by atoms with Gasteiger partial charge in [0.2, 0.25) is 10.0 Å². The molecule has 2 rings (SSSR count). The summed E-state index contributed by atoms with van der Waals surface area (Å²) in [7, 11) is -2.59. The lowest BCUT2D eigenvalue weighted by Gasteiger charge is -2.17. The molecule has 0 bridgehead atoms. The summed E-state index contributed by atoms with van der Waals surface area (Å²) in [5, 5.41) is 0.479. The molecule has 0 heterocycles. The lowest BCUT2D eigenvalue weighted by Crippen LogP contribution is -2.28. The van der Waals surface area contributed by atoms with Gasteiger partial charge in [-0.15, -0.1) is 0 Å². The molecular weight excluding hydrogens is 350 g/mol. The molecule has 0 aromatic heterocycles. The highest BCUT2D eigenvalue weighted by Gasteiger charge is 2.23. The second kappa shape index (κ2) is 7.34. The van der Waals surface area contributed by atoms with Crippen LogP contribution >= 0.6 is 11.6 Å². The summed E-state index contributed by atoms with van der Waals surface area (Å²) in [5.41, 5.74) is 1.37. The van der Waals surface area contributed by atoms with E-state index in [1.807, 2.05) is 0 Å². The number of hydrogen-bond donors (Lipinski definition) is 1. The first-order valence-corrected chi connectivity index (χ1v) is 9.08. The Morgan fingerprint density at radius 1 is 1.21 bits per heavy atom. The standard InChI is InChI=1S/C17H18ClNO4S/c1-11-8-9-13(17(20)23-3)10-16(11)24(21,22)19-12(2)14-6-4-5-7-15(14)18/h4-10,12,19H,1-3H3. The van der Waals surface area contributed by atoms with Gasteiger partial charge >= 0.3 is 5.97 Å². The molecule has 0 aliphatic carbocycles. The lowest BCUT2D eigenvalue weighted by molar-refractivity contribution is 0.0600. The van der Waals surface area contributed by atoms with Crippen LogP contribution in [0.3, 0.4) is 0 Å². The van der Waals surface area contributed by atoms with E-state index in [9.17, 15) is 13.2 Å². The fourth-order valence-corrected chi connectivity index (χ4v) is 4.11. The predicted octanol–water partition coefficient (Wildman–Crippen LogP) is 3.47. The number of carbonyl (C=O) groups excluding carboxylic acids is 1. The van der Waals surface area contributed by atoms with Gasteiger partial charge in [-0.3, -0.25) is 0 Å². The van der Waals surface area contributed by atoms with Gasteiger partial charge < -0.3 is 4.74 Å². The molecule has 0 saturated heterocycles. The normalized spacial score (nSPS) is 12.7. The van der Waals surface area contributed by atoms with Crippen LogP contribution in [0.4, 0.5) is 0 Å². The molecule has 0 amide bonds. The zero-order valence-electron chi connectivity index (χ0n) is 13.5. The van der Waals surface area contributed by atoms with Crippen molar-refractivity contribution < 1.29 is 17.9 Å². The van der Waals surface area contributed by atoms with Crippen molar-refractivity contribution in [2.75, 3.05) is 7.11 Å². The van der Waals surface area contributed by atoms with Gasteiger partial charge in [0.1, 0.15) is 0 Å². The van der Waals surface area contributed by atoms with Crippen LogP contribution in [-0.2, 0) is 14.8 Å². The fourth-order valence-electron chi connectivity index (χ4n) is 2.32. The number of carbonyl (C=O) groups is 1. The van der Waals surface area contributed by atoms with Crippen molar-refractivity contribution in [1.29, 1.82) is 0 Å². The molecule has 0 spiro atoms. The number of rotatable bonds is 5. The average molecular weight is 368 g/mol. The highest BCUT2D eigenvalue weighted by molar-refractivity contribution is 7.89. The minimum Gasteiger partial charge on any atom is -0.465 e. The second-order valence-electron chi connectivity index (χ2n) is 5.34. The number of esters is 1. The van der Waals surface area contributed by atoms with Crippen LogP contribution < -0.4 is 4.72 Å². The molecule has 7 heteroatoms. The van der Waals surface area contributed by atoms with Crippen LogP contribution in [0, 0.1) is 6.92 Å². The third-order valence-corrected chi connectivity index (χ3v) is 5.63. The van der Waals surface area contributed by atoms with Crippen LogP contribution in [0.1, 0.15) is 34.5 Å². The number of halogens is 1. The minimum atomic E-state index is -3.84. The largest absolute Gasteiger partial charge is 0.465 e. The zero-order chi connectivity index (χ0) is 17.9. The monoisotopic (exact) mass is 367 g/mol. The van der Waals surface area contributed by atoms with E-state index in [0.717, 1.165) is 0 Å². The molecule has 2 aromatic carbocycles. The second-order valence-corrected chi connectivity index (χ2v) is 7.43. The van der Waals surface area contributed by atoms with Crippen molar-refractivity contribution in [2.24, 2.45) is 0 Å². The molecule has 5 nitrogen and oxygen atoms in total. The van der Waals surface area contributed by atoms with Crippen molar-refractivity contribution in [3.63, 3.8) is 0 Å². The third kappa shape index (κ3) is 3.95. The molecular formula is C17H18ClNO4S. The summed E-state index contributed by atoms with van der Waals surface area (Å²) in [6.07, 6.45) is 0. The maximum absolute atomic E-state index is 12.7. The Hall–Kier alpha value is -1.89. The van der Waals surface area contributed by atoms with Crippen LogP contribution in [0.15, 0.2) is 47.4 Å². The molecule has 0 fully saturated rings. The van der Waals surface area contributed by atoms with Crippen molar-refractivity contribution in [1.82, 2.24) is 4.72 Å². The molecule has 0 radical (unpaired) electrons. The quantitative estimate of drug-likeness (QED) is 0.821.